The number of fused-ring (bicyclic) bond motifs is 9. The first-order valence-electron chi connectivity index (χ1n) is 28.1. The van der Waals surface area contributed by atoms with Crippen LogP contribution in [0.25, 0.3) is 97.0 Å². The van der Waals surface area contributed by atoms with E-state index in [4.69, 9.17) is 23.1 Å². The molecule has 0 aliphatic carbocycles. The molecule has 83 heavy (non-hydrogen) atoms. The standard InChI is InChI=1S/C23H23N3O2.C22H22ClN3OS.C20H19N3OS.C2H6/c1-12(11-24)15-7-9-16(10-8-15)19-13(2)25-14(3)22-21(19)17-5-4-6-18(27)20(17)23(28)26-22;1-4-24-11-12(2)14-5-7-15(8-6-14)17-18-16-9-10-28-20(16)22(27)26-19(18)13(3)25-21(17)23;1-11-16(14-5-3-13(4-6-14)7-9-21)17-15-8-10-25-19(15)20(24)23-18(17)12(2)22-11;1-2/h4-10,12,27H,11,24H2,1-3H3,(H,26,28);5-10,12,24H,4,11H2,1-3H3,(H,26,27);3-6,8,10H,7,9,21H2,1-2H3,(H,23,24);1-2H3. The van der Waals surface area contributed by atoms with E-state index >= 15 is 0 Å². The number of benzene rings is 4. The van der Waals surface area contributed by atoms with Gasteiger partial charge in [-0.25, -0.2) is 4.98 Å². The molecule has 0 spiro atoms. The Balaban J connectivity index is 0.000000148. The number of hydrogen-bond acceptors (Lipinski definition) is 12. The molecule has 0 radical (unpaired) electrons. The Hall–Kier alpha value is -7.89. The topological polar surface area (TPSA) is 222 Å². The summed E-state index contributed by atoms with van der Waals surface area (Å²) in [6.07, 6.45) is 0.869. The van der Waals surface area contributed by atoms with Crippen molar-refractivity contribution in [3.05, 3.63) is 195 Å². The predicted octanol–water partition coefficient (Wildman–Crippen LogP) is 14.6. The van der Waals surface area contributed by atoms with Gasteiger partial charge in [-0.1, -0.05) is 131 Å². The van der Waals surface area contributed by atoms with E-state index in [-0.39, 0.29) is 28.3 Å². The molecule has 12 rings (SSSR count). The van der Waals surface area contributed by atoms with Crippen LogP contribution in [0.5, 0.6) is 5.75 Å². The lowest BCUT2D eigenvalue weighted by Gasteiger charge is -2.16. The van der Waals surface area contributed by atoms with Gasteiger partial charge in [-0.3, -0.25) is 24.4 Å². The van der Waals surface area contributed by atoms with Crippen LogP contribution in [-0.2, 0) is 6.42 Å². The second-order valence-corrected chi connectivity index (χ2v) is 22.8. The molecule has 0 saturated carbocycles. The van der Waals surface area contributed by atoms with Crippen LogP contribution in [0.2, 0.25) is 5.15 Å². The highest BCUT2D eigenvalue weighted by molar-refractivity contribution is 7.17. The number of phenolic OH excluding ortho intramolecular Hbond substituents is 1. The maximum absolute atomic E-state index is 12.6. The van der Waals surface area contributed by atoms with Crippen molar-refractivity contribution >= 4 is 97.9 Å². The van der Waals surface area contributed by atoms with Gasteiger partial charge in [0.15, 0.2) is 0 Å². The van der Waals surface area contributed by atoms with Gasteiger partial charge in [-0.05, 0) is 135 Å². The Morgan fingerprint density at radius 2 is 1.00 bits per heavy atom. The van der Waals surface area contributed by atoms with Crippen LogP contribution in [0, 0.1) is 34.6 Å². The van der Waals surface area contributed by atoms with Gasteiger partial charge < -0.3 is 36.8 Å². The summed E-state index contributed by atoms with van der Waals surface area (Å²) in [6, 6.07) is 34.5. The number of aromatic hydroxyl groups is 1. The van der Waals surface area contributed by atoms with E-state index in [1.54, 1.807) is 6.07 Å². The molecule has 12 aromatic rings. The fourth-order valence-corrected chi connectivity index (χ4v) is 13.0. The van der Waals surface area contributed by atoms with Crippen molar-refractivity contribution < 1.29 is 5.11 Å². The summed E-state index contributed by atoms with van der Waals surface area (Å²) in [6.45, 7) is 23.3. The largest absolute Gasteiger partial charge is 0.507 e. The van der Waals surface area contributed by atoms with Crippen LogP contribution in [0.1, 0.15) is 91.6 Å². The number of hydrogen-bond donors (Lipinski definition) is 7. The summed E-state index contributed by atoms with van der Waals surface area (Å²) < 4.78 is 1.48. The molecule has 9 N–H and O–H groups in total. The number of phenols is 1. The first kappa shape index (κ1) is 59.7. The highest BCUT2D eigenvalue weighted by Crippen LogP contribution is 2.41. The molecular formula is C67H70ClN9O4S2. The summed E-state index contributed by atoms with van der Waals surface area (Å²) in [5.74, 6) is 0.695. The van der Waals surface area contributed by atoms with E-state index in [2.05, 4.69) is 129 Å². The number of nitrogens with zero attached hydrogens (tertiary/aromatic N) is 3. The highest BCUT2D eigenvalue weighted by atomic mass is 35.5. The molecule has 0 aliphatic heterocycles. The van der Waals surface area contributed by atoms with Crippen molar-refractivity contribution in [1.29, 1.82) is 0 Å². The molecule has 13 nitrogen and oxygen atoms in total. The number of nitrogens with one attached hydrogen (secondary N) is 4. The minimum absolute atomic E-state index is 0.0224. The number of aryl methyl sites for hydroxylation is 5. The molecule has 2 unspecified atom stereocenters. The Morgan fingerprint density at radius 3 is 1.49 bits per heavy atom. The van der Waals surface area contributed by atoms with Gasteiger partial charge in [0.2, 0.25) is 0 Å². The molecule has 8 heterocycles. The van der Waals surface area contributed by atoms with Crippen molar-refractivity contribution in [2.24, 2.45) is 11.5 Å². The van der Waals surface area contributed by atoms with Crippen LogP contribution in [0.3, 0.4) is 0 Å². The molecular weight excluding hydrogens is 1090 g/mol. The van der Waals surface area contributed by atoms with Gasteiger partial charge in [0.05, 0.1) is 39.0 Å². The second kappa shape index (κ2) is 25.7. The van der Waals surface area contributed by atoms with Gasteiger partial charge in [-0.2, -0.15) is 0 Å². The number of halogens is 1. The molecule has 16 heteroatoms. The maximum Gasteiger partial charge on any atom is 0.266 e. The van der Waals surface area contributed by atoms with Crippen LogP contribution >= 0.6 is 34.3 Å². The number of pyridine rings is 6. The third-order valence-electron chi connectivity index (χ3n) is 15.3. The average Bonchev–Trinajstić information content (AvgIpc) is 2.33. The lowest BCUT2D eigenvalue weighted by Crippen LogP contribution is -2.19. The fourth-order valence-electron chi connectivity index (χ4n) is 11.0. The molecule has 0 aliphatic rings. The summed E-state index contributed by atoms with van der Waals surface area (Å²) in [4.78, 5) is 60.2. The van der Waals surface area contributed by atoms with Crippen molar-refractivity contribution in [2.45, 2.75) is 87.5 Å². The summed E-state index contributed by atoms with van der Waals surface area (Å²) in [5.41, 5.74) is 27.2. The monoisotopic (exact) mass is 1160 g/mol. The molecule has 4 aromatic carbocycles. The van der Waals surface area contributed by atoms with E-state index in [1.807, 2.05) is 77.4 Å². The molecule has 0 saturated heterocycles. The third kappa shape index (κ3) is 11.7. The Kier molecular flexibility index (Phi) is 18.5. The van der Waals surface area contributed by atoms with Gasteiger partial charge in [0.25, 0.3) is 16.7 Å². The number of aromatic amines is 3. The Labute approximate surface area is 494 Å². The van der Waals surface area contributed by atoms with Crippen LogP contribution < -0.4 is 33.5 Å². The molecule has 0 fully saturated rings. The number of nitrogens with two attached hydrogens (primary N) is 2. The van der Waals surface area contributed by atoms with Crippen molar-refractivity contribution in [3.8, 4) is 39.1 Å². The summed E-state index contributed by atoms with van der Waals surface area (Å²) in [7, 11) is 0. The van der Waals surface area contributed by atoms with Gasteiger partial charge in [0.1, 0.15) is 20.3 Å². The Morgan fingerprint density at radius 1 is 0.554 bits per heavy atom. The lowest BCUT2D eigenvalue weighted by atomic mass is 9.92. The fraction of sp³-hybridized carbons (Fsp3) is 0.254. The average molecular weight is 1160 g/mol. The zero-order chi connectivity index (χ0) is 59.4. The minimum Gasteiger partial charge on any atom is -0.507 e. The van der Waals surface area contributed by atoms with Crippen LogP contribution in [0.15, 0.2) is 128 Å². The van der Waals surface area contributed by atoms with E-state index < -0.39 is 0 Å². The van der Waals surface area contributed by atoms with Crippen molar-refractivity contribution in [3.63, 3.8) is 0 Å². The third-order valence-corrected chi connectivity index (χ3v) is 17.4. The SMILES string of the molecule is CC.CCNCC(C)c1ccc(-c2c(Cl)nc(C)c3[nH]c(=O)c4sccc4c23)cc1.Cc1nc(C)c2[nH]c(=O)c3c(O)cccc3c2c1-c1ccc(C(C)CN)cc1.Cc1nc(C)c2[nH]c(=O)c3sccc3c2c1-c1ccc(CCN)cc1. The first-order chi connectivity index (χ1) is 40.0. The second-order valence-electron chi connectivity index (χ2n) is 20.6. The predicted molar refractivity (Wildman–Crippen MR) is 351 cm³/mol. The van der Waals surface area contributed by atoms with Crippen LogP contribution in [0.4, 0.5) is 0 Å². The molecule has 2 atom stereocenters. The van der Waals surface area contributed by atoms with E-state index in [1.165, 1.54) is 45.4 Å². The van der Waals surface area contributed by atoms with Crippen molar-refractivity contribution in [2.75, 3.05) is 26.2 Å². The summed E-state index contributed by atoms with van der Waals surface area (Å²) >= 11 is 9.53. The number of thiophene rings is 2. The number of aromatic nitrogens is 6. The van der Waals surface area contributed by atoms with Crippen molar-refractivity contribution in [1.82, 2.24) is 35.2 Å². The number of H-pyrrole nitrogens is 3. The number of likely N-dealkylation sites (N-methyl/N-ethyl adjacent to an activating group) is 1. The molecule has 0 amide bonds. The minimum atomic E-state index is -0.313. The molecule has 426 valence electrons. The van der Waals surface area contributed by atoms with E-state index in [0.717, 1.165) is 129 Å². The summed E-state index contributed by atoms with van der Waals surface area (Å²) in [5, 5.41) is 23.9. The smallest absolute Gasteiger partial charge is 0.266 e. The quantitative estimate of drug-likeness (QED) is 0.0479. The highest BCUT2D eigenvalue weighted by Gasteiger charge is 2.22. The zero-order valence-electron chi connectivity index (χ0n) is 48.5. The van der Waals surface area contributed by atoms with Crippen LogP contribution in [-0.4, -0.2) is 61.2 Å². The van der Waals surface area contributed by atoms with E-state index in [9.17, 15) is 19.5 Å². The van der Waals surface area contributed by atoms with Gasteiger partial charge in [0, 0.05) is 66.9 Å². The van der Waals surface area contributed by atoms with Gasteiger partial charge in [-0.15, -0.1) is 22.7 Å². The molecule has 0 bridgehead atoms. The number of rotatable bonds is 11. The first-order valence-corrected chi connectivity index (χ1v) is 30.2. The Bertz CT molecular complexity index is 4530. The normalized spacial score (nSPS) is 12.1. The van der Waals surface area contributed by atoms with Gasteiger partial charge >= 0.3 is 0 Å². The maximum atomic E-state index is 12.6. The van der Waals surface area contributed by atoms with E-state index in [0.29, 0.717) is 39.8 Å². The zero-order valence-corrected chi connectivity index (χ0v) is 50.9. The molecule has 8 aromatic heterocycles. The lowest BCUT2D eigenvalue weighted by molar-refractivity contribution is 0.481.